The molecule has 19 heavy (non-hydrogen) atoms. The minimum absolute atomic E-state index is 0.0174. The lowest BCUT2D eigenvalue weighted by Gasteiger charge is -2.26. The van der Waals surface area contributed by atoms with Crippen molar-refractivity contribution in [1.82, 2.24) is 4.90 Å². The number of hydrogen-bond donors (Lipinski definition) is 1. The summed E-state index contributed by atoms with van der Waals surface area (Å²) in [6, 6.07) is 5.86. The molecule has 1 aromatic rings. The van der Waals surface area contributed by atoms with E-state index in [1.54, 1.807) is 19.1 Å². The van der Waals surface area contributed by atoms with E-state index >= 15 is 0 Å². The zero-order chi connectivity index (χ0) is 14.0. The summed E-state index contributed by atoms with van der Waals surface area (Å²) in [6.45, 7) is 2.04. The summed E-state index contributed by atoms with van der Waals surface area (Å²) in [5, 5.41) is 9.09. The Bertz CT molecular complexity index is 461. The van der Waals surface area contributed by atoms with Crippen LogP contribution in [0, 0.1) is 0 Å². The summed E-state index contributed by atoms with van der Waals surface area (Å²) in [6.07, 6.45) is -0.538. The van der Waals surface area contributed by atoms with Crippen molar-refractivity contribution in [3.63, 3.8) is 0 Å². The Kier molecular flexibility index (Phi) is 4.14. The molecule has 0 aromatic heterocycles. The Morgan fingerprint density at radius 1 is 1.47 bits per heavy atom. The molecule has 0 bridgehead atoms. The van der Waals surface area contributed by atoms with Crippen LogP contribution in [0.5, 0.6) is 0 Å². The van der Waals surface area contributed by atoms with Crippen molar-refractivity contribution in [2.75, 3.05) is 0 Å². The summed E-state index contributed by atoms with van der Waals surface area (Å²) in [5.74, 6) is -0.878. The normalized spacial score (nSPS) is 16.9. The quantitative estimate of drug-likeness (QED) is 0.862. The minimum Gasteiger partial charge on any atom is -0.480 e. The molecule has 2 rings (SSSR count). The number of rotatable bonds is 6. The van der Waals surface area contributed by atoms with Crippen molar-refractivity contribution < 1.29 is 18.7 Å². The van der Waals surface area contributed by atoms with Crippen LogP contribution in [-0.4, -0.2) is 28.1 Å². The molecular weight excluding hydrogens is 252 g/mol. The van der Waals surface area contributed by atoms with Crippen LogP contribution in [0.3, 0.4) is 0 Å². The Hall–Kier alpha value is -1.49. The van der Waals surface area contributed by atoms with Gasteiger partial charge in [0, 0.05) is 18.2 Å². The highest BCUT2D eigenvalue weighted by atomic mass is 19.3. The second-order valence-electron chi connectivity index (χ2n) is 4.96. The van der Waals surface area contributed by atoms with Gasteiger partial charge in [0.1, 0.15) is 6.04 Å². The molecule has 1 aliphatic carbocycles. The number of carboxylic acid groups (broad SMARTS) is 1. The first-order valence-corrected chi connectivity index (χ1v) is 6.34. The van der Waals surface area contributed by atoms with Crippen LogP contribution in [-0.2, 0) is 11.3 Å². The minimum atomic E-state index is -2.49. The average molecular weight is 269 g/mol. The zero-order valence-corrected chi connectivity index (χ0v) is 10.7. The molecular formula is C14H17F2NO2. The number of alkyl halides is 2. The molecule has 1 aliphatic rings. The van der Waals surface area contributed by atoms with Gasteiger partial charge < -0.3 is 5.11 Å². The van der Waals surface area contributed by atoms with Gasteiger partial charge in [-0.05, 0) is 31.4 Å². The standard InChI is InChI=1S/C14H17F2NO2/c1-9(14(18)19)17(12-5-6-12)8-10-3-2-4-11(7-10)13(15)16/h2-4,7,9,12-13H,5-6,8H2,1H3,(H,18,19). The first-order chi connectivity index (χ1) is 8.99. The number of aliphatic carboxylic acids is 1. The largest absolute Gasteiger partial charge is 0.480 e. The highest BCUT2D eigenvalue weighted by molar-refractivity contribution is 5.73. The third kappa shape index (κ3) is 3.50. The number of hydrogen-bond acceptors (Lipinski definition) is 2. The molecule has 0 aliphatic heterocycles. The lowest BCUT2D eigenvalue weighted by molar-refractivity contribution is -0.143. The maximum atomic E-state index is 12.6. The van der Waals surface area contributed by atoms with E-state index < -0.39 is 18.4 Å². The van der Waals surface area contributed by atoms with Crippen molar-refractivity contribution in [3.8, 4) is 0 Å². The van der Waals surface area contributed by atoms with Gasteiger partial charge in [-0.2, -0.15) is 0 Å². The van der Waals surface area contributed by atoms with Crippen molar-refractivity contribution in [1.29, 1.82) is 0 Å². The van der Waals surface area contributed by atoms with Crippen molar-refractivity contribution in [2.45, 2.75) is 44.8 Å². The monoisotopic (exact) mass is 269 g/mol. The van der Waals surface area contributed by atoms with Crippen molar-refractivity contribution in [2.24, 2.45) is 0 Å². The third-order valence-electron chi connectivity index (χ3n) is 3.44. The Labute approximate surface area is 110 Å². The van der Waals surface area contributed by atoms with Gasteiger partial charge in [-0.25, -0.2) is 8.78 Å². The van der Waals surface area contributed by atoms with Gasteiger partial charge in [-0.3, -0.25) is 9.69 Å². The fourth-order valence-corrected chi connectivity index (χ4v) is 2.17. The highest BCUT2D eigenvalue weighted by Gasteiger charge is 2.34. The number of carboxylic acids is 1. The van der Waals surface area contributed by atoms with Gasteiger partial charge in [-0.1, -0.05) is 18.2 Å². The van der Waals surface area contributed by atoms with Gasteiger partial charge in [0.2, 0.25) is 0 Å². The Morgan fingerprint density at radius 3 is 2.68 bits per heavy atom. The predicted octanol–water partition coefficient (Wildman–Crippen LogP) is 3.06. The second kappa shape index (κ2) is 5.65. The van der Waals surface area contributed by atoms with Gasteiger partial charge in [0.15, 0.2) is 0 Å². The van der Waals surface area contributed by atoms with E-state index in [0.717, 1.165) is 18.4 Å². The molecule has 1 aromatic carbocycles. The smallest absolute Gasteiger partial charge is 0.320 e. The molecule has 1 fully saturated rings. The molecule has 5 heteroatoms. The van der Waals surface area contributed by atoms with Crippen molar-refractivity contribution in [3.05, 3.63) is 35.4 Å². The number of carbonyl (C=O) groups is 1. The van der Waals surface area contributed by atoms with E-state index in [-0.39, 0.29) is 11.6 Å². The molecule has 1 N–H and O–H groups in total. The molecule has 3 nitrogen and oxygen atoms in total. The lowest BCUT2D eigenvalue weighted by Crippen LogP contribution is -2.40. The highest BCUT2D eigenvalue weighted by Crippen LogP contribution is 2.30. The van der Waals surface area contributed by atoms with Crippen molar-refractivity contribution >= 4 is 5.97 Å². The van der Waals surface area contributed by atoms with E-state index in [1.807, 2.05) is 4.90 Å². The van der Waals surface area contributed by atoms with Gasteiger partial charge in [0.25, 0.3) is 6.43 Å². The molecule has 0 heterocycles. The summed E-state index contributed by atoms with van der Waals surface area (Å²) < 4.78 is 25.3. The molecule has 1 unspecified atom stereocenters. The molecule has 104 valence electrons. The SMILES string of the molecule is CC(C(=O)O)N(Cc1cccc(C(F)F)c1)C1CC1. The molecule has 0 radical (unpaired) electrons. The number of benzene rings is 1. The predicted molar refractivity (Wildman–Crippen MR) is 67.1 cm³/mol. The summed E-state index contributed by atoms with van der Waals surface area (Å²) in [7, 11) is 0. The maximum Gasteiger partial charge on any atom is 0.320 e. The first kappa shape index (κ1) is 13.9. The van der Waals surface area contributed by atoms with Crippen LogP contribution < -0.4 is 0 Å². The van der Waals surface area contributed by atoms with Crippen LogP contribution in [0.15, 0.2) is 24.3 Å². The van der Waals surface area contributed by atoms with Crippen LogP contribution in [0.1, 0.15) is 37.3 Å². The summed E-state index contributed by atoms with van der Waals surface area (Å²) in [4.78, 5) is 12.9. The third-order valence-corrected chi connectivity index (χ3v) is 3.44. The first-order valence-electron chi connectivity index (χ1n) is 6.34. The van der Waals surface area contributed by atoms with E-state index in [0.29, 0.717) is 6.54 Å². The molecule has 0 saturated heterocycles. The zero-order valence-electron chi connectivity index (χ0n) is 10.7. The number of nitrogens with zero attached hydrogens (tertiary/aromatic N) is 1. The average Bonchev–Trinajstić information content (AvgIpc) is 3.19. The van der Waals surface area contributed by atoms with E-state index in [2.05, 4.69) is 0 Å². The van der Waals surface area contributed by atoms with Crippen LogP contribution in [0.25, 0.3) is 0 Å². The number of halogens is 2. The van der Waals surface area contributed by atoms with Crippen LogP contribution >= 0.6 is 0 Å². The van der Waals surface area contributed by atoms with Crippen LogP contribution in [0.2, 0.25) is 0 Å². The fraction of sp³-hybridized carbons (Fsp3) is 0.500. The van der Waals surface area contributed by atoms with Gasteiger partial charge >= 0.3 is 5.97 Å². The topological polar surface area (TPSA) is 40.5 Å². The van der Waals surface area contributed by atoms with Crippen LogP contribution in [0.4, 0.5) is 8.78 Å². The summed E-state index contributed by atoms with van der Waals surface area (Å²) in [5.41, 5.74) is 0.717. The van der Waals surface area contributed by atoms with Gasteiger partial charge in [0.05, 0.1) is 0 Å². The molecule has 1 atom stereocenters. The summed E-state index contributed by atoms with van der Waals surface area (Å²) >= 11 is 0. The van der Waals surface area contributed by atoms with E-state index in [1.165, 1.54) is 12.1 Å². The lowest BCUT2D eigenvalue weighted by atomic mass is 10.1. The van der Waals surface area contributed by atoms with E-state index in [9.17, 15) is 13.6 Å². The Morgan fingerprint density at radius 2 is 2.16 bits per heavy atom. The van der Waals surface area contributed by atoms with E-state index in [4.69, 9.17) is 5.11 Å². The Balaban J connectivity index is 2.13. The molecule has 0 spiro atoms. The fourth-order valence-electron chi connectivity index (χ4n) is 2.17. The van der Waals surface area contributed by atoms with Gasteiger partial charge in [-0.15, -0.1) is 0 Å². The maximum absolute atomic E-state index is 12.6. The molecule has 1 saturated carbocycles. The second-order valence-corrected chi connectivity index (χ2v) is 4.96. The molecule has 0 amide bonds.